The van der Waals surface area contributed by atoms with Crippen LogP contribution in [0.1, 0.15) is 44.2 Å². The number of benzene rings is 1. The SMILES string of the molecule is CCCCOCCCNC(=NCc1ccc(F)c(COC)c1)NCC. The number of aliphatic imine (C=N–C) groups is 1. The molecule has 6 heteroatoms. The summed E-state index contributed by atoms with van der Waals surface area (Å²) in [5.74, 6) is 0.511. The summed E-state index contributed by atoms with van der Waals surface area (Å²) in [4.78, 5) is 4.55. The highest BCUT2D eigenvalue weighted by Crippen LogP contribution is 2.12. The van der Waals surface area contributed by atoms with Gasteiger partial charge in [-0.25, -0.2) is 9.38 Å². The van der Waals surface area contributed by atoms with Crippen LogP contribution in [0.5, 0.6) is 0 Å². The molecule has 2 N–H and O–H groups in total. The average Bonchev–Trinajstić information content (AvgIpc) is 2.61. The number of halogens is 1. The molecule has 0 unspecified atom stereocenters. The van der Waals surface area contributed by atoms with Gasteiger partial charge in [-0.3, -0.25) is 0 Å². The van der Waals surface area contributed by atoms with Gasteiger partial charge < -0.3 is 20.1 Å². The second kappa shape index (κ2) is 13.6. The first kappa shape index (κ1) is 21.4. The van der Waals surface area contributed by atoms with Crippen molar-refractivity contribution in [3.05, 3.63) is 35.1 Å². The Balaban J connectivity index is 2.45. The molecule has 1 rings (SSSR count). The van der Waals surface area contributed by atoms with Gasteiger partial charge >= 0.3 is 0 Å². The Morgan fingerprint density at radius 1 is 1.16 bits per heavy atom. The standard InChI is InChI=1S/C19H32FN3O2/c1-4-6-11-25-12-7-10-22-19(21-5-2)23-14-16-8-9-18(20)17(13-16)15-24-3/h8-9,13H,4-7,10-12,14-15H2,1-3H3,(H2,21,22,23). The first-order valence-corrected chi connectivity index (χ1v) is 9.07. The molecule has 0 radical (unpaired) electrons. The molecule has 0 saturated carbocycles. The molecule has 0 amide bonds. The minimum absolute atomic E-state index is 0.248. The number of ether oxygens (including phenoxy) is 2. The summed E-state index contributed by atoms with van der Waals surface area (Å²) in [5.41, 5.74) is 1.51. The summed E-state index contributed by atoms with van der Waals surface area (Å²) in [6.45, 7) is 8.11. The van der Waals surface area contributed by atoms with E-state index in [-0.39, 0.29) is 12.4 Å². The molecule has 0 saturated heterocycles. The predicted molar refractivity (Wildman–Crippen MR) is 100 cm³/mol. The van der Waals surface area contributed by atoms with Gasteiger partial charge in [0.1, 0.15) is 5.82 Å². The fourth-order valence-electron chi connectivity index (χ4n) is 2.23. The zero-order chi connectivity index (χ0) is 18.3. The molecule has 0 fully saturated rings. The van der Waals surface area contributed by atoms with Crippen molar-refractivity contribution in [1.82, 2.24) is 10.6 Å². The maximum Gasteiger partial charge on any atom is 0.191 e. The number of methoxy groups -OCH3 is 1. The van der Waals surface area contributed by atoms with Crippen LogP contribution in [-0.4, -0.2) is 39.4 Å². The Morgan fingerprint density at radius 2 is 1.96 bits per heavy atom. The van der Waals surface area contributed by atoms with Gasteiger partial charge in [-0.2, -0.15) is 0 Å². The van der Waals surface area contributed by atoms with E-state index in [0.717, 1.165) is 57.1 Å². The van der Waals surface area contributed by atoms with Crippen LogP contribution >= 0.6 is 0 Å². The Kier molecular flexibility index (Phi) is 11.6. The van der Waals surface area contributed by atoms with Crippen LogP contribution in [0.15, 0.2) is 23.2 Å². The van der Waals surface area contributed by atoms with Gasteiger partial charge in [-0.1, -0.05) is 19.4 Å². The number of unbranched alkanes of at least 4 members (excludes halogenated alkanes) is 1. The summed E-state index contributed by atoms with van der Waals surface area (Å²) in [6, 6.07) is 5.02. The van der Waals surface area contributed by atoms with E-state index in [4.69, 9.17) is 9.47 Å². The summed E-state index contributed by atoms with van der Waals surface area (Å²) in [7, 11) is 1.56. The van der Waals surface area contributed by atoms with E-state index in [2.05, 4.69) is 22.5 Å². The highest BCUT2D eigenvalue weighted by Gasteiger charge is 2.04. The lowest BCUT2D eigenvalue weighted by molar-refractivity contribution is 0.129. The largest absolute Gasteiger partial charge is 0.381 e. The summed E-state index contributed by atoms with van der Waals surface area (Å²) in [5, 5.41) is 6.51. The highest BCUT2D eigenvalue weighted by molar-refractivity contribution is 5.79. The molecule has 1 aromatic carbocycles. The van der Waals surface area contributed by atoms with E-state index in [1.165, 1.54) is 6.07 Å². The number of guanidine groups is 1. The fourth-order valence-corrected chi connectivity index (χ4v) is 2.23. The predicted octanol–water partition coefficient (Wildman–Crippen LogP) is 3.23. The first-order valence-electron chi connectivity index (χ1n) is 9.07. The quantitative estimate of drug-likeness (QED) is 0.344. The number of nitrogens with zero attached hydrogens (tertiary/aromatic N) is 1. The molecule has 0 heterocycles. The lowest BCUT2D eigenvalue weighted by Gasteiger charge is -2.12. The van der Waals surface area contributed by atoms with Crippen molar-refractivity contribution >= 4 is 5.96 Å². The van der Waals surface area contributed by atoms with Crippen molar-refractivity contribution in [2.24, 2.45) is 4.99 Å². The van der Waals surface area contributed by atoms with E-state index in [9.17, 15) is 4.39 Å². The first-order chi connectivity index (χ1) is 12.2. The highest BCUT2D eigenvalue weighted by atomic mass is 19.1. The Morgan fingerprint density at radius 3 is 2.68 bits per heavy atom. The van der Waals surface area contributed by atoms with Crippen molar-refractivity contribution in [2.45, 2.75) is 46.3 Å². The molecule has 0 aliphatic carbocycles. The van der Waals surface area contributed by atoms with Crippen molar-refractivity contribution < 1.29 is 13.9 Å². The third kappa shape index (κ3) is 9.41. The third-order valence-electron chi connectivity index (χ3n) is 3.57. The Hall–Kier alpha value is -1.66. The molecule has 142 valence electrons. The Bertz CT molecular complexity index is 509. The molecule has 0 bridgehead atoms. The molecule has 25 heavy (non-hydrogen) atoms. The van der Waals surface area contributed by atoms with E-state index in [1.54, 1.807) is 19.2 Å². The number of hydrogen-bond donors (Lipinski definition) is 2. The second-order valence-electron chi connectivity index (χ2n) is 5.80. The molecule has 5 nitrogen and oxygen atoms in total. The maximum absolute atomic E-state index is 13.6. The zero-order valence-corrected chi connectivity index (χ0v) is 15.7. The van der Waals surface area contributed by atoms with Gasteiger partial charge in [0.2, 0.25) is 0 Å². The van der Waals surface area contributed by atoms with Gasteiger partial charge in [0.15, 0.2) is 5.96 Å². The summed E-state index contributed by atoms with van der Waals surface area (Å²) >= 11 is 0. The second-order valence-corrected chi connectivity index (χ2v) is 5.80. The number of nitrogens with one attached hydrogen (secondary N) is 2. The average molecular weight is 353 g/mol. The molecule has 0 atom stereocenters. The van der Waals surface area contributed by atoms with Gasteiger partial charge in [0, 0.05) is 39.0 Å². The lowest BCUT2D eigenvalue weighted by atomic mass is 10.1. The summed E-state index contributed by atoms with van der Waals surface area (Å²) in [6.07, 6.45) is 3.20. The molecule has 0 aliphatic rings. The maximum atomic E-state index is 13.6. The van der Waals surface area contributed by atoms with Crippen molar-refractivity contribution in [2.75, 3.05) is 33.4 Å². The van der Waals surface area contributed by atoms with Crippen molar-refractivity contribution in [3.63, 3.8) is 0 Å². The zero-order valence-electron chi connectivity index (χ0n) is 15.7. The minimum atomic E-state index is -0.248. The van der Waals surface area contributed by atoms with Gasteiger partial charge in [0.05, 0.1) is 13.2 Å². The summed E-state index contributed by atoms with van der Waals surface area (Å²) < 4.78 is 24.2. The van der Waals surface area contributed by atoms with Crippen LogP contribution < -0.4 is 10.6 Å². The van der Waals surface area contributed by atoms with E-state index in [0.29, 0.717) is 12.1 Å². The Labute approximate surface area is 151 Å². The minimum Gasteiger partial charge on any atom is -0.381 e. The molecule has 0 aromatic heterocycles. The molecular formula is C19H32FN3O2. The topological polar surface area (TPSA) is 54.9 Å². The lowest BCUT2D eigenvalue weighted by Crippen LogP contribution is -2.38. The normalized spacial score (nSPS) is 11.6. The van der Waals surface area contributed by atoms with Crippen molar-refractivity contribution in [1.29, 1.82) is 0 Å². The monoisotopic (exact) mass is 353 g/mol. The fraction of sp³-hybridized carbons (Fsp3) is 0.632. The molecule has 0 spiro atoms. The van der Waals surface area contributed by atoms with Gasteiger partial charge in [-0.05, 0) is 37.5 Å². The van der Waals surface area contributed by atoms with E-state index >= 15 is 0 Å². The van der Waals surface area contributed by atoms with Crippen LogP contribution in [0, 0.1) is 5.82 Å². The van der Waals surface area contributed by atoms with Crippen LogP contribution in [0.25, 0.3) is 0 Å². The molecule has 1 aromatic rings. The van der Waals surface area contributed by atoms with E-state index < -0.39 is 0 Å². The smallest absolute Gasteiger partial charge is 0.191 e. The van der Waals surface area contributed by atoms with Crippen LogP contribution in [0.3, 0.4) is 0 Å². The number of hydrogen-bond acceptors (Lipinski definition) is 3. The third-order valence-corrected chi connectivity index (χ3v) is 3.57. The van der Waals surface area contributed by atoms with E-state index in [1.807, 2.05) is 6.92 Å². The molecule has 0 aliphatic heterocycles. The molecular weight excluding hydrogens is 321 g/mol. The van der Waals surface area contributed by atoms with Gasteiger partial charge in [-0.15, -0.1) is 0 Å². The van der Waals surface area contributed by atoms with Gasteiger partial charge in [0.25, 0.3) is 0 Å². The van der Waals surface area contributed by atoms with Crippen molar-refractivity contribution in [3.8, 4) is 0 Å². The van der Waals surface area contributed by atoms with Crippen LogP contribution in [0.4, 0.5) is 4.39 Å². The van der Waals surface area contributed by atoms with Crippen LogP contribution in [-0.2, 0) is 22.6 Å². The van der Waals surface area contributed by atoms with Crippen LogP contribution in [0.2, 0.25) is 0 Å². The number of rotatable bonds is 12.